The Bertz CT molecular complexity index is 759. The third-order valence-corrected chi connectivity index (χ3v) is 4.45. The number of thioether (sulfide) groups is 1. The molecule has 0 aliphatic heterocycles. The Labute approximate surface area is 132 Å². The van der Waals surface area contributed by atoms with Crippen molar-refractivity contribution in [2.75, 3.05) is 16.8 Å². The van der Waals surface area contributed by atoms with E-state index in [0.29, 0.717) is 16.4 Å². The van der Waals surface area contributed by atoms with Crippen LogP contribution >= 0.6 is 11.8 Å². The summed E-state index contributed by atoms with van der Waals surface area (Å²) < 4.78 is 22.2. The molecule has 0 atom stereocenters. The fourth-order valence-electron chi connectivity index (χ4n) is 1.54. The Kier molecular flexibility index (Phi) is 5.01. The average molecular weight is 338 g/mol. The highest BCUT2D eigenvalue weighted by Crippen LogP contribution is 2.17. The summed E-state index contributed by atoms with van der Waals surface area (Å²) in [4.78, 5) is 15.9. The molecular formula is C13H14N4O3S2. The smallest absolute Gasteiger partial charge is 0.238 e. The number of primary sulfonamides is 1. The quantitative estimate of drug-likeness (QED) is 0.699. The van der Waals surface area contributed by atoms with Gasteiger partial charge in [-0.1, -0.05) is 11.8 Å². The topological polar surface area (TPSA) is 128 Å². The minimum absolute atomic E-state index is 0.00838. The lowest BCUT2D eigenvalue weighted by Gasteiger charge is -2.06. The van der Waals surface area contributed by atoms with Crippen LogP contribution in [0.15, 0.2) is 52.5 Å². The second-order valence-corrected chi connectivity index (χ2v) is 6.89. The lowest BCUT2D eigenvalue weighted by molar-refractivity contribution is -0.113. The molecule has 0 fully saturated rings. The molecule has 2 aromatic rings. The van der Waals surface area contributed by atoms with Crippen molar-refractivity contribution in [2.24, 2.45) is 5.14 Å². The van der Waals surface area contributed by atoms with Crippen LogP contribution in [0.3, 0.4) is 0 Å². The molecule has 0 aliphatic rings. The first kappa shape index (κ1) is 16.3. The normalized spacial score (nSPS) is 11.1. The van der Waals surface area contributed by atoms with Crippen LogP contribution in [0.2, 0.25) is 0 Å². The van der Waals surface area contributed by atoms with E-state index in [-0.39, 0.29) is 16.6 Å². The molecule has 0 unspecified atom stereocenters. The van der Waals surface area contributed by atoms with Gasteiger partial charge in [-0.2, -0.15) is 0 Å². The number of hydrogen-bond acceptors (Lipinski definition) is 6. The third kappa shape index (κ3) is 4.72. The van der Waals surface area contributed by atoms with Gasteiger partial charge in [0.2, 0.25) is 15.9 Å². The van der Waals surface area contributed by atoms with Crippen molar-refractivity contribution in [3.63, 3.8) is 0 Å². The summed E-state index contributed by atoms with van der Waals surface area (Å²) in [5, 5.41) is 8.34. The minimum Gasteiger partial charge on any atom is -0.397 e. The SMILES string of the molecule is Nc1ccc(SCC(=O)Nc2ccc(S(N)(=O)=O)cc2)nc1. The first-order valence-electron chi connectivity index (χ1n) is 6.11. The van der Waals surface area contributed by atoms with Gasteiger partial charge in [0.25, 0.3) is 0 Å². The fourth-order valence-corrected chi connectivity index (χ4v) is 2.70. The van der Waals surface area contributed by atoms with Crippen LogP contribution in [0, 0.1) is 0 Å². The van der Waals surface area contributed by atoms with Gasteiger partial charge in [-0.05, 0) is 36.4 Å². The summed E-state index contributed by atoms with van der Waals surface area (Å²) in [5.41, 5.74) is 6.57. The summed E-state index contributed by atoms with van der Waals surface area (Å²) in [5.74, 6) is -0.0552. The molecule has 116 valence electrons. The second kappa shape index (κ2) is 6.77. The van der Waals surface area contributed by atoms with Crippen LogP contribution in [0.5, 0.6) is 0 Å². The molecule has 0 bridgehead atoms. The Morgan fingerprint density at radius 3 is 2.41 bits per heavy atom. The van der Waals surface area contributed by atoms with Gasteiger partial charge in [-0.15, -0.1) is 0 Å². The largest absolute Gasteiger partial charge is 0.397 e. The van der Waals surface area contributed by atoms with Crippen LogP contribution < -0.4 is 16.2 Å². The number of nitrogens with one attached hydrogen (secondary N) is 1. The molecule has 0 aliphatic carbocycles. The zero-order chi connectivity index (χ0) is 16.2. The molecule has 0 saturated heterocycles. The minimum atomic E-state index is -3.73. The van der Waals surface area contributed by atoms with Crippen LogP contribution in [0.4, 0.5) is 11.4 Å². The average Bonchev–Trinajstić information content (AvgIpc) is 2.46. The summed E-state index contributed by atoms with van der Waals surface area (Å²) in [7, 11) is -3.73. The number of amides is 1. The lowest BCUT2D eigenvalue weighted by atomic mass is 10.3. The molecule has 0 saturated carbocycles. The van der Waals surface area contributed by atoms with Gasteiger partial charge in [-0.25, -0.2) is 18.5 Å². The number of pyridine rings is 1. The number of carbonyl (C=O) groups excluding carboxylic acids is 1. The molecule has 2 rings (SSSR count). The Hall–Kier alpha value is -2.10. The van der Waals surface area contributed by atoms with E-state index < -0.39 is 10.0 Å². The van der Waals surface area contributed by atoms with Crippen molar-refractivity contribution in [1.29, 1.82) is 0 Å². The summed E-state index contributed by atoms with van der Waals surface area (Å²) in [6.07, 6.45) is 1.52. The predicted molar refractivity (Wildman–Crippen MR) is 85.8 cm³/mol. The number of rotatable bonds is 5. The van der Waals surface area contributed by atoms with Crippen LogP contribution in [0.1, 0.15) is 0 Å². The first-order chi connectivity index (χ1) is 10.3. The number of nitrogens with zero attached hydrogens (tertiary/aromatic N) is 1. The van der Waals surface area contributed by atoms with Crippen molar-refractivity contribution < 1.29 is 13.2 Å². The van der Waals surface area contributed by atoms with E-state index in [1.54, 1.807) is 12.1 Å². The maximum Gasteiger partial charge on any atom is 0.238 e. The first-order valence-corrected chi connectivity index (χ1v) is 8.65. The highest BCUT2D eigenvalue weighted by atomic mass is 32.2. The molecule has 22 heavy (non-hydrogen) atoms. The molecule has 1 heterocycles. The van der Waals surface area contributed by atoms with Gasteiger partial charge in [0, 0.05) is 5.69 Å². The lowest BCUT2D eigenvalue weighted by Crippen LogP contribution is -2.15. The molecule has 1 aromatic carbocycles. The van der Waals surface area contributed by atoms with Crippen molar-refractivity contribution in [1.82, 2.24) is 4.98 Å². The standard InChI is InChI=1S/C13H14N4O3S2/c14-9-1-6-13(16-7-9)21-8-12(18)17-10-2-4-11(5-3-10)22(15,19)20/h1-7H,8,14H2,(H,17,18)(H2,15,19,20). The number of anilines is 2. The Morgan fingerprint density at radius 2 is 1.86 bits per heavy atom. The van der Waals surface area contributed by atoms with Gasteiger partial charge in [0.1, 0.15) is 0 Å². The third-order valence-electron chi connectivity index (χ3n) is 2.58. The van der Waals surface area contributed by atoms with Crippen LogP contribution in [-0.4, -0.2) is 25.1 Å². The molecule has 5 N–H and O–H groups in total. The molecule has 1 aromatic heterocycles. The monoisotopic (exact) mass is 338 g/mol. The van der Waals surface area contributed by atoms with E-state index in [4.69, 9.17) is 10.9 Å². The Balaban J connectivity index is 1.90. The van der Waals surface area contributed by atoms with Gasteiger partial charge in [-0.3, -0.25) is 4.79 Å². The number of nitrogen functional groups attached to an aromatic ring is 1. The van der Waals surface area contributed by atoms with Crippen molar-refractivity contribution >= 4 is 39.1 Å². The molecule has 7 nitrogen and oxygen atoms in total. The highest BCUT2D eigenvalue weighted by molar-refractivity contribution is 7.99. The van der Waals surface area contributed by atoms with E-state index >= 15 is 0 Å². The molecule has 1 amide bonds. The van der Waals surface area contributed by atoms with Crippen LogP contribution in [0.25, 0.3) is 0 Å². The van der Waals surface area contributed by atoms with Crippen molar-refractivity contribution in [3.05, 3.63) is 42.6 Å². The molecule has 0 spiro atoms. The molecule has 0 radical (unpaired) electrons. The van der Waals surface area contributed by atoms with E-state index in [1.165, 1.54) is 42.2 Å². The summed E-state index contributed by atoms with van der Waals surface area (Å²) >= 11 is 1.27. The number of carbonyl (C=O) groups is 1. The number of hydrogen-bond donors (Lipinski definition) is 3. The van der Waals surface area contributed by atoms with E-state index in [0.717, 1.165) is 0 Å². The van der Waals surface area contributed by atoms with Crippen molar-refractivity contribution in [2.45, 2.75) is 9.92 Å². The van der Waals surface area contributed by atoms with Gasteiger partial charge >= 0.3 is 0 Å². The number of sulfonamides is 1. The molecule has 9 heteroatoms. The predicted octanol–water partition coefficient (Wildman–Crippen LogP) is 1.04. The highest BCUT2D eigenvalue weighted by Gasteiger charge is 2.08. The van der Waals surface area contributed by atoms with Gasteiger partial charge in [0.15, 0.2) is 0 Å². The maximum atomic E-state index is 11.8. The number of benzene rings is 1. The van der Waals surface area contributed by atoms with E-state index in [2.05, 4.69) is 10.3 Å². The van der Waals surface area contributed by atoms with E-state index in [9.17, 15) is 13.2 Å². The second-order valence-electron chi connectivity index (χ2n) is 4.34. The zero-order valence-corrected chi connectivity index (χ0v) is 13.0. The van der Waals surface area contributed by atoms with Gasteiger partial charge < -0.3 is 11.1 Å². The van der Waals surface area contributed by atoms with Crippen LogP contribution in [-0.2, 0) is 14.8 Å². The zero-order valence-electron chi connectivity index (χ0n) is 11.4. The molecular weight excluding hydrogens is 324 g/mol. The number of nitrogens with two attached hydrogens (primary N) is 2. The summed E-state index contributed by atoms with van der Waals surface area (Å²) in [6.45, 7) is 0. The Morgan fingerprint density at radius 1 is 1.18 bits per heavy atom. The maximum absolute atomic E-state index is 11.8. The van der Waals surface area contributed by atoms with Gasteiger partial charge in [0.05, 0.1) is 27.6 Å². The van der Waals surface area contributed by atoms with E-state index in [1.807, 2.05) is 0 Å². The van der Waals surface area contributed by atoms with Crippen molar-refractivity contribution in [3.8, 4) is 0 Å². The number of aromatic nitrogens is 1. The fraction of sp³-hybridized carbons (Fsp3) is 0.0769. The summed E-state index contributed by atoms with van der Waals surface area (Å²) in [6, 6.07) is 9.06.